The maximum atomic E-state index is 14.5. The summed E-state index contributed by atoms with van der Waals surface area (Å²) in [7, 11) is 0. The number of aliphatic hydroxyl groups is 1. The first-order valence-electron chi connectivity index (χ1n) is 14.2. The molecule has 0 bridgehead atoms. The highest BCUT2D eigenvalue weighted by molar-refractivity contribution is 5.96. The second-order valence-electron chi connectivity index (χ2n) is 11.3. The molecule has 3 rings (SSSR count). The molecule has 4 heteroatoms. The summed E-state index contributed by atoms with van der Waals surface area (Å²) in [6, 6.07) is 6.03. The third kappa shape index (κ3) is 7.89. The fourth-order valence-electron chi connectivity index (χ4n) is 5.87. The molecule has 2 nitrogen and oxygen atoms in total. The SMILES string of the molecule is C=CC#CC(=C)/C=C\C(=C/C=C)C1CCC([C@@H](CC(=O)c2ccc([C@](C)(O)C(F)(F)CC=C)cc2)C2CC2)CC1. The Morgan fingerprint density at radius 1 is 1.05 bits per heavy atom. The fraction of sp³-hybridized carbons (Fsp3) is 0.417. The average Bonchev–Trinajstić information content (AvgIpc) is 3.78. The van der Waals surface area contributed by atoms with Crippen molar-refractivity contribution in [1.29, 1.82) is 0 Å². The summed E-state index contributed by atoms with van der Waals surface area (Å²) in [5.74, 6) is 4.28. The Kier molecular flexibility index (Phi) is 10.8. The van der Waals surface area contributed by atoms with E-state index in [2.05, 4.69) is 50.3 Å². The Morgan fingerprint density at radius 3 is 2.17 bits per heavy atom. The van der Waals surface area contributed by atoms with Gasteiger partial charge in [-0.3, -0.25) is 4.79 Å². The lowest BCUT2D eigenvalue weighted by Gasteiger charge is -2.34. The van der Waals surface area contributed by atoms with Gasteiger partial charge in [0, 0.05) is 24.0 Å². The van der Waals surface area contributed by atoms with Crippen LogP contribution in [0, 0.1) is 35.5 Å². The Hall–Kier alpha value is -3.29. The summed E-state index contributed by atoms with van der Waals surface area (Å²) >= 11 is 0. The van der Waals surface area contributed by atoms with Crippen molar-refractivity contribution >= 4 is 5.78 Å². The van der Waals surface area contributed by atoms with E-state index < -0.39 is 17.9 Å². The fourth-order valence-corrected chi connectivity index (χ4v) is 5.87. The van der Waals surface area contributed by atoms with Gasteiger partial charge in [0.05, 0.1) is 0 Å². The van der Waals surface area contributed by atoms with Crippen LogP contribution < -0.4 is 0 Å². The maximum absolute atomic E-state index is 14.5. The molecule has 1 N–H and O–H groups in total. The molecule has 0 heterocycles. The summed E-state index contributed by atoms with van der Waals surface area (Å²) < 4.78 is 28.9. The molecule has 0 saturated heterocycles. The molecule has 0 amide bonds. The van der Waals surface area contributed by atoms with Crippen LogP contribution in [0.25, 0.3) is 0 Å². The monoisotopic (exact) mass is 544 g/mol. The zero-order valence-electron chi connectivity index (χ0n) is 23.7. The number of allylic oxidation sites excluding steroid dienone is 8. The molecular weight excluding hydrogens is 502 g/mol. The lowest BCUT2D eigenvalue weighted by molar-refractivity contribution is -0.175. The Morgan fingerprint density at radius 2 is 1.65 bits per heavy atom. The van der Waals surface area contributed by atoms with Crippen molar-refractivity contribution in [2.24, 2.45) is 23.7 Å². The molecule has 2 saturated carbocycles. The molecule has 0 unspecified atom stereocenters. The summed E-state index contributed by atoms with van der Waals surface area (Å²) in [6.07, 6.45) is 17.0. The van der Waals surface area contributed by atoms with E-state index >= 15 is 0 Å². The van der Waals surface area contributed by atoms with Crippen LogP contribution in [0.2, 0.25) is 0 Å². The molecule has 40 heavy (non-hydrogen) atoms. The number of hydrogen-bond donors (Lipinski definition) is 1. The van der Waals surface area contributed by atoms with Crippen LogP contribution in [0.4, 0.5) is 8.78 Å². The number of Topliss-reactive ketones (excluding diaryl/α,β-unsaturated/α-hetero) is 1. The minimum Gasteiger partial charge on any atom is -0.379 e. The Labute approximate surface area is 239 Å². The van der Waals surface area contributed by atoms with Crippen molar-refractivity contribution in [1.82, 2.24) is 0 Å². The normalized spacial score (nSPS) is 21.9. The van der Waals surface area contributed by atoms with E-state index in [1.807, 2.05) is 12.2 Å². The lowest BCUT2D eigenvalue weighted by atomic mass is 9.70. The van der Waals surface area contributed by atoms with Crippen molar-refractivity contribution in [3.05, 3.63) is 109 Å². The molecule has 2 aliphatic carbocycles. The molecule has 2 aliphatic rings. The van der Waals surface area contributed by atoms with E-state index in [-0.39, 0.29) is 11.3 Å². The quantitative estimate of drug-likeness (QED) is 0.116. The van der Waals surface area contributed by atoms with E-state index in [9.17, 15) is 18.7 Å². The first-order valence-corrected chi connectivity index (χ1v) is 14.2. The number of carbonyl (C=O) groups excluding carboxylic acids is 1. The van der Waals surface area contributed by atoms with Gasteiger partial charge in [0.2, 0.25) is 0 Å². The molecule has 0 aliphatic heterocycles. The van der Waals surface area contributed by atoms with Crippen LogP contribution >= 0.6 is 0 Å². The summed E-state index contributed by atoms with van der Waals surface area (Å²) in [5, 5.41) is 10.5. The van der Waals surface area contributed by atoms with Gasteiger partial charge in [0.25, 0.3) is 5.92 Å². The molecule has 1 aromatic rings. The zero-order chi connectivity index (χ0) is 29.3. The Bertz CT molecular complexity index is 1210. The number of alkyl halides is 2. The van der Waals surface area contributed by atoms with Gasteiger partial charge in [-0.15, -0.1) is 6.58 Å². The van der Waals surface area contributed by atoms with E-state index in [0.717, 1.165) is 57.1 Å². The molecular formula is C36H42F2O2. The van der Waals surface area contributed by atoms with Crippen LogP contribution in [0.1, 0.15) is 74.2 Å². The number of ketones is 1. The number of rotatable bonds is 13. The second kappa shape index (κ2) is 13.9. The molecule has 0 spiro atoms. The standard InChI is InChI=1S/C36H42F2O2/c1-6-9-11-26(4)12-13-27(10-7-2)28-14-16-29(17-15-28)33(30-18-19-30)25-34(39)31-20-22-32(23-21-31)35(5,40)36(37,38)24-8-3/h6-8,10,12-13,20-23,28-30,33,40H,1-4,14-19,24-25H2,5H3/b13-12-,27-10+/t28?,29?,33-,35+/m1/s1. The van der Waals surface area contributed by atoms with Gasteiger partial charge in [-0.1, -0.05) is 80.1 Å². The van der Waals surface area contributed by atoms with Gasteiger partial charge in [-0.25, -0.2) is 8.78 Å². The van der Waals surface area contributed by atoms with E-state index in [1.54, 1.807) is 18.2 Å². The first kappa shape index (κ1) is 31.2. The van der Waals surface area contributed by atoms with Gasteiger partial charge in [0.15, 0.2) is 11.4 Å². The molecule has 0 aromatic heterocycles. The van der Waals surface area contributed by atoms with Crippen LogP contribution in [-0.2, 0) is 5.60 Å². The minimum atomic E-state index is -3.36. The number of carbonyl (C=O) groups is 1. The minimum absolute atomic E-state index is 0.0392. The second-order valence-corrected chi connectivity index (χ2v) is 11.3. The lowest BCUT2D eigenvalue weighted by Crippen LogP contribution is -2.42. The largest absolute Gasteiger partial charge is 0.379 e. The highest BCUT2D eigenvalue weighted by Crippen LogP contribution is 2.48. The maximum Gasteiger partial charge on any atom is 0.283 e. The first-order chi connectivity index (χ1) is 19.0. The van der Waals surface area contributed by atoms with Crippen LogP contribution in [0.3, 0.4) is 0 Å². The third-order valence-electron chi connectivity index (χ3n) is 8.50. The topological polar surface area (TPSA) is 37.3 Å². The highest BCUT2D eigenvalue weighted by Gasteiger charge is 2.49. The summed E-state index contributed by atoms with van der Waals surface area (Å²) in [5.41, 5.74) is 0.202. The van der Waals surface area contributed by atoms with Gasteiger partial charge in [-0.2, -0.15) is 0 Å². The molecule has 0 radical (unpaired) electrons. The van der Waals surface area contributed by atoms with Crippen molar-refractivity contribution in [2.45, 2.75) is 69.8 Å². The summed E-state index contributed by atoms with van der Waals surface area (Å²) in [4.78, 5) is 13.3. The van der Waals surface area contributed by atoms with Crippen LogP contribution in [0.5, 0.6) is 0 Å². The molecule has 2 fully saturated rings. The van der Waals surface area contributed by atoms with Crippen molar-refractivity contribution in [2.75, 3.05) is 0 Å². The molecule has 2 atom stereocenters. The van der Waals surface area contributed by atoms with Crippen LogP contribution in [0.15, 0.2) is 98.2 Å². The van der Waals surface area contributed by atoms with E-state index in [1.165, 1.54) is 17.7 Å². The van der Waals surface area contributed by atoms with Gasteiger partial charge >= 0.3 is 0 Å². The third-order valence-corrected chi connectivity index (χ3v) is 8.50. The van der Waals surface area contributed by atoms with E-state index in [4.69, 9.17) is 0 Å². The van der Waals surface area contributed by atoms with Gasteiger partial charge in [0.1, 0.15) is 0 Å². The summed E-state index contributed by atoms with van der Waals surface area (Å²) in [6.45, 7) is 15.9. The number of benzene rings is 1. The average molecular weight is 545 g/mol. The van der Waals surface area contributed by atoms with Crippen molar-refractivity contribution in [3.8, 4) is 11.8 Å². The van der Waals surface area contributed by atoms with Gasteiger partial charge in [-0.05, 0) is 92.4 Å². The predicted molar refractivity (Wildman–Crippen MR) is 161 cm³/mol. The number of hydrogen-bond acceptors (Lipinski definition) is 2. The molecule has 1 aromatic carbocycles. The van der Waals surface area contributed by atoms with Gasteiger partial charge < -0.3 is 5.11 Å². The zero-order valence-corrected chi connectivity index (χ0v) is 23.7. The molecule has 212 valence electrons. The number of halogens is 2. The smallest absolute Gasteiger partial charge is 0.283 e. The van der Waals surface area contributed by atoms with Crippen molar-refractivity contribution < 1.29 is 18.7 Å². The predicted octanol–water partition coefficient (Wildman–Crippen LogP) is 8.93. The van der Waals surface area contributed by atoms with E-state index in [0.29, 0.717) is 35.7 Å². The Balaban J connectivity index is 1.64. The van der Waals surface area contributed by atoms with Crippen molar-refractivity contribution in [3.63, 3.8) is 0 Å². The highest BCUT2D eigenvalue weighted by atomic mass is 19.3. The van der Waals surface area contributed by atoms with Crippen LogP contribution in [-0.4, -0.2) is 16.8 Å².